The number of hydrogen-bond acceptors (Lipinski definition) is 3. The third kappa shape index (κ3) is 3.24. The normalized spacial score (nSPS) is 25.6. The van der Waals surface area contributed by atoms with Gasteiger partial charge in [0.2, 0.25) is 5.91 Å². The van der Waals surface area contributed by atoms with Gasteiger partial charge in [-0.05, 0) is 41.7 Å². The third-order valence-corrected chi connectivity index (χ3v) is 5.59. The van der Waals surface area contributed by atoms with Crippen molar-refractivity contribution in [2.45, 2.75) is 30.9 Å². The van der Waals surface area contributed by atoms with E-state index in [-0.39, 0.29) is 17.6 Å². The largest absolute Gasteiger partial charge is 0.390 e. The van der Waals surface area contributed by atoms with Gasteiger partial charge in [-0.1, -0.05) is 36.4 Å². The number of rotatable bonds is 2. The monoisotopic (exact) mass is 354 g/mol. The molecule has 2 heterocycles. The second-order valence-electron chi connectivity index (χ2n) is 7.13. The molecule has 3 atom stereocenters. The number of carbonyl (C=O) groups excluding carboxylic acids is 1. The number of carbonyl (C=O) groups is 1. The van der Waals surface area contributed by atoms with Crippen molar-refractivity contribution in [3.63, 3.8) is 0 Å². The van der Waals surface area contributed by atoms with E-state index in [1.165, 1.54) is 23.3 Å². The molecule has 2 aromatic carbocycles. The van der Waals surface area contributed by atoms with Crippen molar-refractivity contribution in [2.24, 2.45) is 0 Å². The molecule has 0 aliphatic carbocycles. The fourth-order valence-corrected chi connectivity index (χ4v) is 4.10. The van der Waals surface area contributed by atoms with Crippen LogP contribution in [-0.4, -0.2) is 47.7 Å². The number of amides is 1. The Morgan fingerprint density at radius 3 is 2.42 bits per heavy atom. The Labute approximate surface area is 152 Å². The fraction of sp³-hybridized carbons (Fsp3) is 0.381. The highest BCUT2D eigenvalue weighted by Crippen LogP contribution is 2.28. The van der Waals surface area contributed by atoms with Gasteiger partial charge >= 0.3 is 0 Å². The van der Waals surface area contributed by atoms with Crippen molar-refractivity contribution in [2.75, 3.05) is 19.6 Å². The lowest BCUT2D eigenvalue weighted by molar-refractivity contribution is -0.135. The van der Waals surface area contributed by atoms with E-state index >= 15 is 0 Å². The van der Waals surface area contributed by atoms with Crippen molar-refractivity contribution in [3.05, 3.63) is 71.0 Å². The predicted molar refractivity (Wildman–Crippen MR) is 97.4 cm³/mol. The first-order valence-corrected chi connectivity index (χ1v) is 9.16. The lowest BCUT2D eigenvalue weighted by Crippen LogP contribution is -2.49. The van der Waals surface area contributed by atoms with Crippen molar-refractivity contribution in [1.29, 1.82) is 0 Å². The molecule has 26 heavy (non-hydrogen) atoms. The van der Waals surface area contributed by atoms with Crippen molar-refractivity contribution >= 4 is 5.91 Å². The molecule has 2 aliphatic rings. The van der Waals surface area contributed by atoms with Gasteiger partial charge < -0.3 is 15.3 Å². The van der Waals surface area contributed by atoms with Crippen LogP contribution in [0, 0.1) is 5.82 Å². The summed E-state index contributed by atoms with van der Waals surface area (Å²) in [4.78, 5) is 14.8. The molecule has 0 bridgehead atoms. The van der Waals surface area contributed by atoms with E-state index in [0.29, 0.717) is 19.6 Å². The predicted octanol–water partition coefficient (Wildman–Crippen LogP) is 1.87. The van der Waals surface area contributed by atoms with E-state index in [4.69, 9.17) is 0 Å². The van der Waals surface area contributed by atoms with Crippen LogP contribution in [0.3, 0.4) is 0 Å². The van der Waals surface area contributed by atoms with Crippen LogP contribution in [-0.2, 0) is 17.6 Å². The Hall–Kier alpha value is -2.24. The molecule has 0 unspecified atom stereocenters. The van der Waals surface area contributed by atoms with Crippen LogP contribution in [0.2, 0.25) is 0 Å². The minimum atomic E-state index is -0.852. The summed E-state index contributed by atoms with van der Waals surface area (Å²) in [6, 6.07) is 13.9. The lowest BCUT2D eigenvalue weighted by atomic mass is 9.93. The molecule has 2 aliphatic heterocycles. The smallest absolute Gasteiger partial charge is 0.242 e. The molecule has 4 rings (SSSR count). The molecule has 136 valence electrons. The highest BCUT2D eigenvalue weighted by atomic mass is 19.1. The number of fused-ring (bicyclic) bond motifs is 1. The summed E-state index contributed by atoms with van der Waals surface area (Å²) < 4.78 is 13.5. The van der Waals surface area contributed by atoms with Gasteiger partial charge in [0.1, 0.15) is 11.9 Å². The summed E-state index contributed by atoms with van der Waals surface area (Å²) in [5.41, 5.74) is 3.31. The fourth-order valence-electron chi connectivity index (χ4n) is 4.10. The highest BCUT2D eigenvalue weighted by Gasteiger charge is 2.41. The Morgan fingerprint density at radius 2 is 1.77 bits per heavy atom. The molecule has 2 aromatic rings. The van der Waals surface area contributed by atoms with Crippen LogP contribution in [0.1, 0.15) is 22.6 Å². The van der Waals surface area contributed by atoms with Crippen molar-refractivity contribution in [1.82, 2.24) is 10.2 Å². The Balaban J connectivity index is 1.46. The standard InChI is InChI=1S/C21H23FN2O2/c22-17-7-3-6-16(12-17)18-13-23-19(20(18)25)21(26)24-10-8-14-4-1-2-5-15(14)9-11-24/h1-7,12,18-20,23,25H,8-11,13H2/t18-,19+,20-/m1/s1. The zero-order valence-corrected chi connectivity index (χ0v) is 14.6. The Kier molecular flexibility index (Phi) is 4.74. The second kappa shape index (κ2) is 7.17. The van der Waals surface area contributed by atoms with Crippen molar-refractivity contribution < 1.29 is 14.3 Å². The minimum absolute atomic E-state index is 0.0655. The second-order valence-corrected chi connectivity index (χ2v) is 7.13. The van der Waals surface area contributed by atoms with E-state index < -0.39 is 12.1 Å². The molecular weight excluding hydrogens is 331 g/mol. The average molecular weight is 354 g/mol. The van der Waals surface area contributed by atoms with Crippen LogP contribution >= 0.6 is 0 Å². The Bertz CT molecular complexity index is 783. The number of benzene rings is 2. The maximum atomic E-state index is 13.5. The van der Waals surface area contributed by atoms with Crippen LogP contribution in [0.15, 0.2) is 48.5 Å². The quantitative estimate of drug-likeness (QED) is 0.866. The third-order valence-electron chi connectivity index (χ3n) is 5.59. The van der Waals surface area contributed by atoms with Crippen LogP contribution in [0.25, 0.3) is 0 Å². The van der Waals surface area contributed by atoms with Crippen molar-refractivity contribution in [3.8, 4) is 0 Å². The number of aliphatic hydroxyl groups is 1. The molecule has 2 N–H and O–H groups in total. The van der Waals surface area contributed by atoms with E-state index in [1.807, 2.05) is 17.0 Å². The number of nitrogens with one attached hydrogen (secondary N) is 1. The molecule has 1 fully saturated rings. The van der Waals surface area contributed by atoms with E-state index in [9.17, 15) is 14.3 Å². The molecule has 0 saturated carbocycles. The SMILES string of the molecule is O=C([C@H]1NC[C@H](c2cccc(F)c2)[C@H]1O)N1CCc2ccccc2CC1. The van der Waals surface area contributed by atoms with Gasteiger partial charge in [-0.15, -0.1) is 0 Å². The van der Waals surface area contributed by atoms with E-state index in [0.717, 1.165) is 18.4 Å². The van der Waals surface area contributed by atoms with E-state index in [2.05, 4.69) is 17.4 Å². The number of aliphatic hydroxyl groups excluding tert-OH is 1. The first-order chi connectivity index (χ1) is 12.6. The maximum Gasteiger partial charge on any atom is 0.242 e. The molecule has 0 spiro atoms. The first-order valence-electron chi connectivity index (χ1n) is 9.16. The van der Waals surface area contributed by atoms with Crippen LogP contribution in [0.5, 0.6) is 0 Å². The van der Waals surface area contributed by atoms with Gasteiger partial charge in [0, 0.05) is 25.6 Å². The molecular formula is C21H23FN2O2. The average Bonchev–Trinajstić information content (AvgIpc) is 2.90. The van der Waals surface area contributed by atoms with Gasteiger partial charge in [0.25, 0.3) is 0 Å². The molecule has 1 amide bonds. The topological polar surface area (TPSA) is 52.6 Å². The number of nitrogens with zero attached hydrogens (tertiary/aromatic N) is 1. The number of halogens is 1. The summed E-state index contributed by atoms with van der Waals surface area (Å²) in [7, 11) is 0. The van der Waals surface area contributed by atoms with Gasteiger partial charge in [-0.2, -0.15) is 0 Å². The minimum Gasteiger partial charge on any atom is -0.390 e. The molecule has 0 aromatic heterocycles. The number of hydrogen-bond donors (Lipinski definition) is 2. The maximum absolute atomic E-state index is 13.5. The molecule has 0 radical (unpaired) electrons. The summed E-state index contributed by atoms with van der Waals surface area (Å²) in [6.07, 6.45) is 0.811. The summed E-state index contributed by atoms with van der Waals surface area (Å²) in [5, 5.41) is 13.9. The highest BCUT2D eigenvalue weighted by molar-refractivity contribution is 5.83. The summed E-state index contributed by atoms with van der Waals surface area (Å²) in [6.45, 7) is 1.78. The first kappa shape index (κ1) is 17.2. The zero-order valence-electron chi connectivity index (χ0n) is 14.6. The lowest BCUT2D eigenvalue weighted by Gasteiger charge is -2.26. The van der Waals surface area contributed by atoms with Gasteiger partial charge in [0.15, 0.2) is 0 Å². The van der Waals surface area contributed by atoms with Crippen LogP contribution < -0.4 is 5.32 Å². The summed E-state index contributed by atoms with van der Waals surface area (Å²) >= 11 is 0. The molecule has 1 saturated heterocycles. The van der Waals surface area contributed by atoms with Crippen LogP contribution in [0.4, 0.5) is 4.39 Å². The summed E-state index contributed by atoms with van der Waals surface area (Å²) in [5.74, 6) is -0.664. The zero-order chi connectivity index (χ0) is 18.1. The van der Waals surface area contributed by atoms with E-state index in [1.54, 1.807) is 12.1 Å². The van der Waals surface area contributed by atoms with Gasteiger partial charge in [-0.3, -0.25) is 4.79 Å². The van der Waals surface area contributed by atoms with Gasteiger partial charge in [0.05, 0.1) is 6.10 Å². The van der Waals surface area contributed by atoms with Gasteiger partial charge in [-0.25, -0.2) is 4.39 Å². The molecule has 4 nitrogen and oxygen atoms in total. The molecule has 5 heteroatoms. The Morgan fingerprint density at radius 1 is 1.08 bits per heavy atom.